The molecular weight excluding hydrogens is 310 g/mol. The van der Waals surface area contributed by atoms with Gasteiger partial charge in [0.15, 0.2) is 0 Å². The Hall–Kier alpha value is -1.58. The Morgan fingerprint density at radius 2 is 1.59 bits per heavy atom. The van der Waals surface area contributed by atoms with E-state index in [1.807, 2.05) is 36.4 Å². The highest BCUT2D eigenvalue weighted by molar-refractivity contribution is 6.88. The fraction of sp³-hybridized carbons (Fsp3) is 0.278. The van der Waals surface area contributed by atoms with Crippen molar-refractivity contribution >= 4 is 30.8 Å². The number of benzene rings is 2. The molecule has 2 nitrogen and oxygen atoms in total. The average Bonchev–Trinajstić information content (AvgIpc) is 2.48. The predicted molar refractivity (Wildman–Crippen MR) is 96.9 cm³/mol. The van der Waals surface area contributed by atoms with E-state index in [1.54, 1.807) is 0 Å². The van der Waals surface area contributed by atoms with Crippen LogP contribution in [0.3, 0.4) is 0 Å². The van der Waals surface area contributed by atoms with E-state index in [-0.39, 0.29) is 5.91 Å². The predicted octanol–water partition coefficient (Wildman–Crippen LogP) is 3.86. The molecule has 2 rings (SSSR count). The first-order valence-electron chi connectivity index (χ1n) is 7.49. The van der Waals surface area contributed by atoms with Crippen molar-refractivity contribution in [3.63, 3.8) is 0 Å². The average molecular weight is 332 g/mol. The van der Waals surface area contributed by atoms with Gasteiger partial charge >= 0.3 is 0 Å². The molecule has 0 spiro atoms. The summed E-state index contributed by atoms with van der Waals surface area (Å²) in [5.41, 5.74) is 1.89. The second kappa shape index (κ2) is 7.12. The number of nitrogens with one attached hydrogen (secondary N) is 1. The molecule has 4 heteroatoms. The maximum Gasteiger partial charge on any atom is 0.251 e. The lowest BCUT2D eigenvalue weighted by atomic mass is 10.1. The molecule has 22 heavy (non-hydrogen) atoms. The van der Waals surface area contributed by atoms with Gasteiger partial charge in [-0.25, -0.2) is 0 Å². The smallest absolute Gasteiger partial charge is 0.251 e. The molecule has 1 amide bonds. The van der Waals surface area contributed by atoms with Crippen molar-refractivity contribution in [1.29, 1.82) is 0 Å². The number of hydrogen-bond donors (Lipinski definition) is 1. The number of carbonyl (C=O) groups is 1. The van der Waals surface area contributed by atoms with Crippen molar-refractivity contribution in [2.75, 3.05) is 6.54 Å². The lowest BCUT2D eigenvalue weighted by molar-refractivity contribution is 0.0954. The van der Waals surface area contributed by atoms with Gasteiger partial charge in [0.2, 0.25) is 0 Å². The molecule has 1 N–H and O–H groups in total. The summed E-state index contributed by atoms with van der Waals surface area (Å²) in [5.74, 6) is -0.0175. The third-order valence-corrected chi connectivity index (χ3v) is 5.94. The van der Waals surface area contributed by atoms with Gasteiger partial charge in [0.1, 0.15) is 0 Å². The van der Waals surface area contributed by atoms with Gasteiger partial charge in [-0.3, -0.25) is 4.79 Å². The summed E-state index contributed by atoms with van der Waals surface area (Å²) in [6.45, 7) is 7.52. The molecule has 0 atom stereocenters. The minimum absolute atomic E-state index is 0.0175. The molecule has 0 aromatic heterocycles. The van der Waals surface area contributed by atoms with Crippen LogP contribution in [-0.4, -0.2) is 20.5 Å². The van der Waals surface area contributed by atoms with Crippen LogP contribution in [0.25, 0.3) is 0 Å². The number of amides is 1. The highest BCUT2D eigenvalue weighted by Crippen LogP contribution is 2.09. The maximum atomic E-state index is 12.1. The topological polar surface area (TPSA) is 29.1 Å². The fourth-order valence-electron chi connectivity index (χ4n) is 2.20. The first-order valence-corrected chi connectivity index (χ1v) is 11.4. The molecule has 0 radical (unpaired) electrons. The SMILES string of the molecule is C[Si](C)(C)c1ccc(C(=O)NCCc2ccc(Cl)cc2)cc1. The Bertz CT molecular complexity index is 630. The zero-order valence-corrected chi connectivity index (χ0v) is 15.1. The van der Waals surface area contributed by atoms with E-state index >= 15 is 0 Å². The zero-order chi connectivity index (χ0) is 16.2. The maximum absolute atomic E-state index is 12.1. The molecule has 0 saturated carbocycles. The van der Waals surface area contributed by atoms with Gasteiger partial charge in [0, 0.05) is 17.1 Å². The van der Waals surface area contributed by atoms with Crippen molar-refractivity contribution in [3.05, 3.63) is 64.7 Å². The summed E-state index contributed by atoms with van der Waals surface area (Å²) in [6, 6.07) is 15.7. The summed E-state index contributed by atoms with van der Waals surface area (Å²) >= 11 is 5.85. The van der Waals surface area contributed by atoms with E-state index in [1.165, 1.54) is 10.8 Å². The van der Waals surface area contributed by atoms with Crippen LogP contribution in [0.1, 0.15) is 15.9 Å². The summed E-state index contributed by atoms with van der Waals surface area (Å²) in [4.78, 5) is 12.1. The van der Waals surface area contributed by atoms with Gasteiger partial charge in [-0.1, -0.05) is 60.7 Å². The van der Waals surface area contributed by atoms with Crippen LogP contribution in [-0.2, 0) is 6.42 Å². The molecule has 0 bridgehead atoms. The molecule has 2 aromatic carbocycles. The molecule has 0 aliphatic heterocycles. The van der Waals surface area contributed by atoms with Crippen LogP contribution >= 0.6 is 11.6 Å². The first kappa shape index (κ1) is 16.8. The number of carbonyl (C=O) groups excluding carboxylic acids is 1. The Morgan fingerprint density at radius 3 is 2.14 bits per heavy atom. The van der Waals surface area contributed by atoms with E-state index in [2.05, 4.69) is 37.1 Å². The molecule has 2 aromatic rings. The van der Waals surface area contributed by atoms with E-state index < -0.39 is 8.07 Å². The third-order valence-electron chi connectivity index (χ3n) is 3.63. The summed E-state index contributed by atoms with van der Waals surface area (Å²) in [5, 5.41) is 5.06. The summed E-state index contributed by atoms with van der Waals surface area (Å²) in [7, 11) is -1.31. The highest BCUT2D eigenvalue weighted by Gasteiger charge is 2.16. The fourth-order valence-corrected chi connectivity index (χ4v) is 3.49. The van der Waals surface area contributed by atoms with Gasteiger partial charge in [-0.15, -0.1) is 0 Å². The molecule has 0 aliphatic rings. The van der Waals surface area contributed by atoms with Crippen molar-refractivity contribution in [2.24, 2.45) is 0 Å². The monoisotopic (exact) mass is 331 g/mol. The number of rotatable bonds is 5. The zero-order valence-electron chi connectivity index (χ0n) is 13.3. The largest absolute Gasteiger partial charge is 0.352 e. The van der Waals surface area contributed by atoms with Crippen LogP contribution in [0.15, 0.2) is 48.5 Å². The van der Waals surface area contributed by atoms with Gasteiger partial charge in [0.05, 0.1) is 8.07 Å². The third kappa shape index (κ3) is 4.72. The van der Waals surface area contributed by atoms with Crippen molar-refractivity contribution < 1.29 is 4.79 Å². The van der Waals surface area contributed by atoms with Gasteiger partial charge < -0.3 is 5.32 Å². The molecule has 0 saturated heterocycles. The Kier molecular flexibility index (Phi) is 5.43. The van der Waals surface area contributed by atoms with E-state index in [0.29, 0.717) is 6.54 Å². The number of halogens is 1. The first-order chi connectivity index (χ1) is 10.4. The van der Waals surface area contributed by atoms with E-state index in [0.717, 1.165) is 17.0 Å². The molecule has 0 unspecified atom stereocenters. The van der Waals surface area contributed by atoms with Crippen molar-refractivity contribution in [2.45, 2.75) is 26.1 Å². The van der Waals surface area contributed by atoms with Crippen LogP contribution in [0.2, 0.25) is 24.7 Å². The highest BCUT2D eigenvalue weighted by atomic mass is 35.5. The van der Waals surface area contributed by atoms with E-state index in [9.17, 15) is 4.79 Å². The Balaban J connectivity index is 1.88. The van der Waals surface area contributed by atoms with Gasteiger partial charge in [0.25, 0.3) is 5.91 Å². The van der Waals surface area contributed by atoms with Crippen LogP contribution in [0.4, 0.5) is 0 Å². The second-order valence-electron chi connectivity index (χ2n) is 6.46. The molecule has 0 aliphatic carbocycles. The standard InChI is InChI=1S/C18H22ClNOSi/c1-22(2,3)17-10-6-15(7-11-17)18(21)20-13-12-14-4-8-16(19)9-5-14/h4-11H,12-13H2,1-3H3,(H,20,21). The second-order valence-corrected chi connectivity index (χ2v) is 12.0. The molecular formula is C18H22ClNOSi. The quantitative estimate of drug-likeness (QED) is 0.828. The van der Waals surface area contributed by atoms with Gasteiger partial charge in [-0.05, 0) is 36.2 Å². The lowest BCUT2D eigenvalue weighted by Crippen LogP contribution is -2.37. The molecule has 0 heterocycles. The normalized spacial score (nSPS) is 11.3. The van der Waals surface area contributed by atoms with E-state index in [4.69, 9.17) is 11.6 Å². The minimum atomic E-state index is -1.31. The van der Waals surface area contributed by atoms with Crippen LogP contribution in [0, 0.1) is 0 Å². The summed E-state index contributed by atoms with van der Waals surface area (Å²) < 4.78 is 0. The van der Waals surface area contributed by atoms with Crippen molar-refractivity contribution in [1.82, 2.24) is 5.32 Å². The molecule has 0 fully saturated rings. The van der Waals surface area contributed by atoms with Crippen LogP contribution < -0.4 is 10.5 Å². The lowest BCUT2D eigenvalue weighted by Gasteiger charge is -2.16. The Labute approximate surface area is 138 Å². The number of hydrogen-bond acceptors (Lipinski definition) is 1. The minimum Gasteiger partial charge on any atom is -0.352 e. The molecule has 116 valence electrons. The van der Waals surface area contributed by atoms with Crippen LogP contribution in [0.5, 0.6) is 0 Å². The van der Waals surface area contributed by atoms with Crippen molar-refractivity contribution in [3.8, 4) is 0 Å². The Morgan fingerprint density at radius 1 is 1.00 bits per heavy atom. The van der Waals surface area contributed by atoms with Gasteiger partial charge in [-0.2, -0.15) is 0 Å². The summed E-state index contributed by atoms with van der Waals surface area (Å²) in [6.07, 6.45) is 0.801.